The monoisotopic (exact) mass is 442 g/mol. The molecule has 166 valence electrons. The topological polar surface area (TPSA) is 102 Å². The second kappa shape index (κ2) is 8.01. The molecule has 5 rings (SSSR count). The summed E-state index contributed by atoms with van der Waals surface area (Å²) in [5.74, 6) is -1.11. The van der Waals surface area contributed by atoms with Crippen molar-refractivity contribution in [3.05, 3.63) is 82.5 Å². The Morgan fingerprint density at radius 1 is 1.03 bits per heavy atom. The highest BCUT2D eigenvalue weighted by molar-refractivity contribution is 6.01. The number of fused-ring (bicyclic) bond motifs is 1. The van der Waals surface area contributed by atoms with Crippen LogP contribution in [0.2, 0.25) is 0 Å². The first-order valence-corrected chi connectivity index (χ1v) is 10.6. The number of carbonyl (C=O) groups is 2. The number of amides is 2. The van der Waals surface area contributed by atoms with E-state index in [0.29, 0.717) is 5.65 Å². The van der Waals surface area contributed by atoms with Gasteiger partial charge in [0.05, 0.1) is 17.8 Å². The fourth-order valence-corrected chi connectivity index (χ4v) is 4.00. The Morgan fingerprint density at radius 3 is 2.58 bits per heavy atom. The van der Waals surface area contributed by atoms with Crippen LogP contribution >= 0.6 is 0 Å². The molecule has 1 fully saturated rings. The fourth-order valence-electron chi connectivity index (χ4n) is 4.00. The summed E-state index contributed by atoms with van der Waals surface area (Å²) in [5.41, 5.74) is 6.24. The van der Waals surface area contributed by atoms with Crippen LogP contribution in [0.1, 0.15) is 17.5 Å². The molecule has 4 aromatic rings. The van der Waals surface area contributed by atoms with Gasteiger partial charge in [0.1, 0.15) is 11.7 Å². The number of rotatable bonds is 4. The second-order valence-electron chi connectivity index (χ2n) is 8.27. The molecule has 0 radical (unpaired) electrons. The summed E-state index contributed by atoms with van der Waals surface area (Å²) in [7, 11) is 0. The van der Waals surface area contributed by atoms with Crippen LogP contribution in [-0.4, -0.2) is 37.8 Å². The quantitative estimate of drug-likeness (QED) is 0.523. The minimum atomic E-state index is -0.573. The summed E-state index contributed by atoms with van der Waals surface area (Å²) in [5, 5.41) is 4.57. The maximum atomic E-state index is 12.9. The van der Waals surface area contributed by atoms with Crippen LogP contribution in [0.25, 0.3) is 16.7 Å². The lowest BCUT2D eigenvalue weighted by Crippen LogP contribution is -2.37. The largest absolute Gasteiger partial charge is 0.312 e. The first-order chi connectivity index (χ1) is 15.9. The van der Waals surface area contributed by atoms with Crippen LogP contribution in [-0.2, 0) is 9.59 Å². The minimum absolute atomic E-state index is 0.0789. The van der Waals surface area contributed by atoms with E-state index in [1.54, 1.807) is 9.58 Å². The number of benzene rings is 2. The molecule has 1 aliphatic heterocycles. The Hall–Kier alpha value is -4.27. The van der Waals surface area contributed by atoms with Gasteiger partial charge in [0.15, 0.2) is 5.65 Å². The van der Waals surface area contributed by atoms with E-state index < -0.39 is 17.4 Å². The van der Waals surface area contributed by atoms with E-state index in [9.17, 15) is 14.4 Å². The van der Waals surface area contributed by atoms with Crippen molar-refractivity contribution in [2.75, 3.05) is 16.9 Å². The van der Waals surface area contributed by atoms with Crippen molar-refractivity contribution >= 4 is 28.5 Å². The van der Waals surface area contributed by atoms with E-state index in [1.165, 1.54) is 12.5 Å². The Bertz CT molecular complexity index is 1440. The van der Waals surface area contributed by atoms with Crippen molar-refractivity contribution in [3.8, 4) is 5.69 Å². The van der Waals surface area contributed by atoms with Gasteiger partial charge >= 0.3 is 0 Å². The van der Waals surface area contributed by atoms with Gasteiger partial charge in [0.25, 0.3) is 5.56 Å². The van der Waals surface area contributed by atoms with Gasteiger partial charge in [-0.05, 0) is 43.7 Å². The molecule has 3 heterocycles. The molecule has 1 unspecified atom stereocenters. The van der Waals surface area contributed by atoms with Crippen molar-refractivity contribution in [2.45, 2.75) is 20.3 Å². The van der Waals surface area contributed by atoms with Crippen LogP contribution in [0.15, 0.2) is 65.8 Å². The zero-order valence-corrected chi connectivity index (χ0v) is 18.2. The Balaban J connectivity index is 1.36. The number of hydrogen-bond acceptors (Lipinski definition) is 5. The molecule has 2 aromatic heterocycles. The molecule has 1 atom stereocenters. The van der Waals surface area contributed by atoms with Crippen molar-refractivity contribution < 1.29 is 9.59 Å². The smallest absolute Gasteiger partial charge is 0.283 e. The van der Waals surface area contributed by atoms with E-state index in [2.05, 4.69) is 15.5 Å². The first kappa shape index (κ1) is 20.6. The molecule has 2 amide bonds. The minimum Gasteiger partial charge on any atom is -0.312 e. The van der Waals surface area contributed by atoms with Gasteiger partial charge in [0, 0.05) is 18.7 Å². The van der Waals surface area contributed by atoms with Gasteiger partial charge in [-0.3, -0.25) is 19.8 Å². The van der Waals surface area contributed by atoms with Crippen LogP contribution in [0.5, 0.6) is 0 Å². The molecule has 2 aromatic carbocycles. The van der Waals surface area contributed by atoms with Crippen LogP contribution in [0.3, 0.4) is 0 Å². The van der Waals surface area contributed by atoms with Crippen molar-refractivity contribution in [2.24, 2.45) is 5.92 Å². The van der Waals surface area contributed by atoms with Crippen LogP contribution in [0.4, 0.5) is 5.69 Å². The molecular formula is C24H22N6O3. The SMILES string of the molecule is Cc1ccc(-n2ncc3c(=O)n(NC(=O)C4CC(=O)N(c5cccc(C)c5)C4)cnc32)cc1. The second-order valence-corrected chi connectivity index (χ2v) is 8.27. The average Bonchev–Trinajstić information content (AvgIpc) is 3.40. The summed E-state index contributed by atoms with van der Waals surface area (Å²) in [6, 6.07) is 15.3. The zero-order valence-electron chi connectivity index (χ0n) is 18.2. The van der Waals surface area contributed by atoms with Crippen molar-refractivity contribution in [1.82, 2.24) is 19.4 Å². The number of carbonyl (C=O) groups excluding carboxylic acids is 2. The number of nitrogens with one attached hydrogen (secondary N) is 1. The Labute approximate surface area is 189 Å². The van der Waals surface area contributed by atoms with E-state index in [-0.39, 0.29) is 24.3 Å². The maximum absolute atomic E-state index is 12.9. The molecule has 0 saturated carbocycles. The maximum Gasteiger partial charge on any atom is 0.283 e. The summed E-state index contributed by atoms with van der Waals surface area (Å²) in [6.45, 7) is 4.19. The third-order valence-corrected chi connectivity index (χ3v) is 5.81. The van der Waals surface area contributed by atoms with E-state index in [1.807, 2.05) is 62.4 Å². The third kappa shape index (κ3) is 3.78. The number of hydrogen-bond donors (Lipinski definition) is 1. The fraction of sp³-hybridized carbons (Fsp3) is 0.208. The lowest BCUT2D eigenvalue weighted by Gasteiger charge is -2.17. The predicted molar refractivity (Wildman–Crippen MR) is 124 cm³/mol. The van der Waals surface area contributed by atoms with Gasteiger partial charge < -0.3 is 4.90 Å². The van der Waals surface area contributed by atoms with Gasteiger partial charge in [-0.25, -0.2) is 14.3 Å². The molecule has 9 nitrogen and oxygen atoms in total. The Morgan fingerprint density at radius 2 is 1.82 bits per heavy atom. The van der Waals surface area contributed by atoms with E-state index in [0.717, 1.165) is 27.2 Å². The van der Waals surface area contributed by atoms with Crippen molar-refractivity contribution in [1.29, 1.82) is 0 Å². The van der Waals surface area contributed by atoms with Crippen LogP contribution < -0.4 is 15.9 Å². The summed E-state index contributed by atoms with van der Waals surface area (Å²) in [6.07, 6.45) is 2.78. The summed E-state index contributed by atoms with van der Waals surface area (Å²) in [4.78, 5) is 44.2. The molecule has 1 aliphatic rings. The van der Waals surface area contributed by atoms with Gasteiger partial charge in [0.2, 0.25) is 11.8 Å². The van der Waals surface area contributed by atoms with Gasteiger partial charge in [-0.15, -0.1) is 0 Å². The summed E-state index contributed by atoms with van der Waals surface area (Å²) >= 11 is 0. The molecule has 33 heavy (non-hydrogen) atoms. The first-order valence-electron chi connectivity index (χ1n) is 10.6. The highest BCUT2D eigenvalue weighted by Crippen LogP contribution is 2.26. The number of aryl methyl sites for hydroxylation is 2. The normalized spacial score (nSPS) is 15.9. The van der Waals surface area contributed by atoms with E-state index in [4.69, 9.17) is 0 Å². The highest BCUT2D eigenvalue weighted by atomic mass is 16.2. The Kier molecular flexibility index (Phi) is 5.01. The lowest BCUT2D eigenvalue weighted by atomic mass is 10.1. The van der Waals surface area contributed by atoms with Gasteiger partial charge in [-0.2, -0.15) is 5.10 Å². The van der Waals surface area contributed by atoms with Crippen LogP contribution in [0, 0.1) is 19.8 Å². The number of nitrogens with zero attached hydrogens (tertiary/aromatic N) is 5. The lowest BCUT2D eigenvalue weighted by molar-refractivity contribution is -0.123. The molecule has 0 bridgehead atoms. The van der Waals surface area contributed by atoms with E-state index >= 15 is 0 Å². The third-order valence-electron chi connectivity index (χ3n) is 5.81. The standard InChI is InChI=1S/C24H22N6O3/c1-15-6-8-18(9-7-15)30-22-20(12-26-30)24(33)29(14-25-22)27-23(32)17-11-21(31)28(13-17)19-5-3-4-16(2)10-19/h3-10,12,14,17H,11,13H2,1-2H3,(H,27,32). The number of aromatic nitrogens is 4. The highest BCUT2D eigenvalue weighted by Gasteiger charge is 2.35. The predicted octanol–water partition coefficient (Wildman–Crippen LogP) is 2.32. The molecule has 0 aliphatic carbocycles. The molecule has 1 saturated heterocycles. The molecule has 9 heteroatoms. The number of anilines is 1. The molecular weight excluding hydrogens is 420 g/mol. The molecule has 1 N–H and O–H groups in total. The molecule has 0 spiro atoms. The van der Waals surface area contributed by atoms with Crippen molar-refractivity contribution in [3.63, 3.8) is 0 Å². The average molecular weight is 442 g/mol. The van der Waals surface area contributed by atoms with Gasteiger partial charge in [-0.1, -0.05) is 29.8 Å². The summed E-state index contributed by atoms with van der Waals surface area (Å²) < 4.78 is 2.63. The zero-order chi connectivity index (χ0) is 23.1.